The molecule has 0 spiro atoms. The lowest BCUT2D eigenvalue weighted by Gasteiger charge is -2.33. The zero-order chi connectivity index (χ0) is 14.9. The number of ether oxygens (including phenoxy) is 1. The van der Waals surface area contributed by atoms with Gasteiger partial charge in [-0.25, -0.2) is 0 Å². The smallest absolute Gasteiger partial charge is 0.251 e. The van der Waals surface area contributed by atoms with Gasteiger partial charge in [0, 0.05) is 48.5 Å². The molecule has 116 valence electrons. The van der Waals surface area contributed by atoms with Crippen molar-refractivity contribution in [1.29, 1.82) is 0 Å². The Labute approximate surface area is 129 Å². The molecule has 3 aliphatic rings. The normalized spacial score (nSPS) is 20.5. The van der Waals surface area contributed by atoms with E-state index in [0.29, 0.717) is 12.5 Å². The molecule has 4 rings (SSSR count). The van der Waals surface area contributed by atoms with Gasteiger partial charge in [0.15, 0.2) is 0 Å². The van der Waals surface area contributed by atoms with Gasteiger partial charge in [-0.2, -0.15) is 0 Å². The van der Waals surface area contributed by atoms with Gasteiger partial charge in [-0.05, 0) is 17.4 Å². The highest BCUT2D eigenvalue weighted by Gasteiger charge is 2.20. The number of hydrogen-bond acceptors (Lipinski definition) is 4. The van der Waals surface area contributed by atoms with Crippen molar-refractivity contribution in [3.8, 4) is 0 Å². The summed E-state index contributed by atoms with van der Waals surface area (Å²) in [5.74, 6) is 0.493. The average Bonchev–Trinajstić information content (AvgIpc) is 2.52. The van der Waals surface area contributed by atoms with E-state index in [2.05, 4.69) is 27.7 Å². The van der Waals surface area contributed by atoms with Crippen LogP contribution in [0, 0.1) is 5.92 Å². The fourth-order valence-electron chi connectivity index (χ4n) is 3.24. The molecule has 2 saturated heterocycles. The second kappa shape index (κ2) is 5.74. The standard InChI is InChI=1S/C17H21N3O2/c21-17(19-8-12-9-22-10-12)14-1-2-15-13(7-14)4-6-20-11-18-5-3-16(15)20/h1-2,4,7,12,18H,3,5-6,8-11H2,(H,19,21). The minimum atomic E-state index is 0.0147. The van der Waals surface area contributed by atoms with Crippen molar-refractivity contribution < 1.29 is 9.53 Å². The number of nitrogens with one attached hydrogen (secondary N) is 2. The molecule has 0 aromatic heterocycles. The summed E-state index contributed by atoms with van der Waals surface area (Å²) in [6.07, 6.45) is 3.26. The van der Waals surface area contributed by atoms with Gasteiger partial charge in [0.2, 0.25) is 0 Å². The van der Waals surface area contributed by atoms with E-state index < -0.39 is 0 Å². The van der Waals surface area contributed by atoms with E-state index in [1.165, 1.54) is 16.1 Å². The zero-order valence-corrected chi connectivity index (χ0v) is 12.6. The van der Waals surface area contributed by atoms with E-state index in [1.54, 1.807) is 0 Å². The summed E-state index contributed by atoms with van der Waals surface area (Å²) in [6, 6.07) is 6.06. The van der Waals surface area contributed by atoms with Crippen molar-refractivity contribution >= 4 is 17.7 Å². The molecule has 0 saturated carbocycles. The predicted octanol–water partition coefficient (Wildman–Crippen LogP) is -0.782. The summed E-state index contributed by atoms with van der Waals surface area (Å²) < 4.78 is 5.13. The van der Waals surface area contributed by atoms with Crippen molar-refractivity contribution in [2.75, 3.05) is 39.5 Å². The molecule has 0 atom stereocenters. The van der Waals surface area contributed by atoms with Crippen molar-refractivity contribution in [3.05, 3.63) is 34.2 Å². The molecule has 0 radical (unpaired) electrons. The largest absolute Gasteiger partial charge is 0.381 e. The number of carbonyl (C=O) groups is 1. The number of benzene rings is 1. The Kier molecular flexibility index (Phi) is 3.60. The molecule has 5 heteroatoms. The third-order valence-electron chi connectivity index (χ3n) is 4.64. The Balaban J connectivity index is 1.58. The van der Waals surface area contributed by atoms with Gasteiger partial charge in [0.05, 0.1) is 19.9 Å². The Morgan fingerprint density at radius 2 is 2.32 bits per heavy atom. The van der Waals surface area contributed by atoms with E-state index >= 15 is 0 Å². The molecule has 0 bridgehead atoms. The number of hydrogen-bond donors (Lipinski definition) is 2. The average molecular weight is 299 g/mol. The van der Waals surface area contributed by atoms with Gasteiger partial charge < -0.3 is 15.0 Å². The summed E-state index contributed by atoms with van der Waals surface area (Å²) in [5, 5.41) is 8.86. The first-order valence-corrected chi connectivity index (χ1v) is 7.96. The van der Waals surface area contributed by atoms with Crippen LogP contribution in [0.3, 0.4) is 0 Å². The molecular weight excluding hydrogens is 278 g/mol. The molecule has 1 aromatic carbocycles. The Morgan fingerprint density at radius 3 is 3.14 bits per heavy atom. The fraction of sp³-hybridized carbons (Fsp3) is 0.471. The van der Waals surface area contributed by atoms with E-state index in [-0.39, 0.29) is 5.91 Å². The zero-order valence-electron chi connectivity index (χ0n) is 12.6. The van der Waals surface area contributed by atoms with E-state index in [0.717, 1.165) is 45.0 Å². The maximum absolute atomic E-state index is 12.3. The van der Waals surface area contributed by atoms with Gasteiger partial charge in [-0.1, -0.05) is 12.1 Å². The number of fused-ring (bicyclic) bond motifs is 2. The minimum Gasteiger partial charge on any atom is -0.381 e. The Morgan fingerprint density at radius 1 is 1.41 bits per heavy atom. The van der Waals surface area contributed by atoms with Crippen LogP contribution >= 0.6 is 0 Å². The van der Waals surface area contributed by atoms with Crippen LogP contribution in [0.4, 0.5) is 0 Å². The topological polar surface area (TPSA) is 53.6 Å². The van der Waals surface area contributed by atoms with Crippen LogP contribution in [0.5, 0.6) is 0 Å². The number of amides is 1. The molecule has 0 aliphatic carbocycles. The quantitative estimate of drug-likeness (QED) is 0.769. The molecule has 0 unspecified atom stereocenters. The molecular formula is C17H21N3O2. The van der Waals surface area contributed by atoms with Gasteiger partial charge in [-0.3, -0.25) is 10.1 Å². The van der Waals surface area contributed by atoms with Crippen molar-refractivity contribution in [2.45, 2.75) is 6.42 Å². The predicted molar refractivity (Wildman–Crippen MR) is 84.4 cm³/mol. The summed E-state index contributed by atoms with van der Waals surface area (Å²) in [5.41, 5.74) is 2.15. The van der Waals surface area contributed by atoms with Crippen molar-refractivity contribution in [2.24, 2.45) is 5.92 Å². The first kappa shape index (κ1) is 13.8. The maximum Gasteiger partial charge on any atom is 0.251 e. The lowest BCUT2D eigenvalue weighted by molar-refractivity contribution is -0.0298. The van der Waals surface area contributed by atoms with E-state index in [9.17, 15) is 4.79 Å². The Hall–Kier alpha value is -1.85. The van der Waals surface area contributed by atoms with Crippen LogP contribution in [0.15, 0.2) is 18.2 Å². The van der Waals surface area contributed by atoms with Crippen LogP contribution in [0.1, 0.15) is 16.8 Å². The second-order valence-electron chi connectivity index (χ2n) is 6.20. The highest BCUT2D eigenvalue weighted by molar-refractivity contribution is 5.94. The van der Waals surface area contributed by atoms with Gasteiger partial charge in [-0.15, -0.1) is 0 Å². The molecule has 5 nitrogen and oxygen atoms in total. The monoisotopic (exact) mass is 299 g/mol. The lowest BCUT2D eigenvalue weighted by Crippen LogP contribution is -2.48. The third kappa shape index (κ3) is 2.51. The van der Waals surface area contributed by atoms with Gasteiger partial charge in [0.1, 0.15) is 0 Å². The Bertz CT molecular complexity index is 709. The van der Waals surface area contributed by atoms with Crippen LogP contribution in [-0.4, -0.2) is 50.3 Å². The summed E-state index contributed by atoms with van der Waals surface area (Å²) in [4.78, 5) is 14.6. The van der Waals surface area contributed by atoms with E-state index in [4.69, 9.17) is 4.74 Å². The summed E-state index contributed by atoms with van der Waals surface area (Å²) in [7, 11) is 0. The first-order valence-electron chi connectivity index (χ1n) is 7.96. The molecule has 1 amide bonds. The van der Waals surface area contributed by atoms with Crippen molar-refractivity contribution in [3.63, 3.8) is 0 Å². The van der Waals surface area contributed by atoms with Crippen LogP contribution in [-0.2, 0) is 4.74 Å². The van der Waals surface area contributed by atoms with Crippen molar-refractivity contribution in [1.82, 2.24) is 15.5 Å². The maximum atomic E-state index is 12.3. The SMILES string of the molecule is O=C(NCC1COC1)c1ccc2c(c1)=CCN1CNCCC=21. The number of nitrogens with zero attached hydrogens (tertiary/aromatic N) is 1. The summed E-state index contributed by atoms with van der Waals surface area (Å²) in [6.45, 7) is 5.09. The second-order valence-corrected chi connectivity index (χ2v) is 6.20. The highest BCUT2D eigenvalue weighted by atomic mass is 16.5. The molecule has 1 aromatic rings. The van der Waals surface area contributed by atoms with E-state index in [1.807, 2.05) is 12.1 Å². The van der Waals surface area contributed by atoms with Gasteiger partial charge in [0.25, 0.3) is 5.91 Å². The van der Waals surface area contributed by atoms with Crippen LogP contribution in [0.25, 0.3) is 11.8 Å². The number of carbonyl (C=O) groups excluding carboxylic acids is 1. The molecule has 3 heterocycles. The molecule has 2 N–H and O–H groups in total. The molecule has 2 fully saturated rings. The molecule has 3 aliphatic heterocycles. The van der Waals surface area contributed by atoms with Crippen LogP contribution in [0.2, 0.25) is 0 Å². The first-order chi connectivity index (χ1) is 10.8. The minimum absolute atomic E-state index is 0.0147. The highest BCUT2D eigenvalue weighted by Crippen LogP contribution is 2.13. The third-order valence-corrected chi connectivity index (χ3v) is 4.64. The number of rotatable bonds is 3. The van der Waals surface area contributed by atoms with Crippen LogP contribution < -0.4 is 21.1 Å². The lowest BCUT2D eigenvalue weighted by atomic mass is 10.0. The molecule has 22 heavy (non-hydrogen) atoms. The van der Waals surface area contributed by atoms with Gasteiger partial charge >= 0.3 is 0 Å². The summed E-state index contributed by atoms with van der Waals surface area (Å²) >= 11 is 0. The fourth-order valence-corrected chi connectivity index (χ4v) is 3.24.